The summed E-state index contributed by atoms with van der Waals surface area (Å²) in [6, 6.07) is 14.8. The molecule has 4 rings (SSSR count). The number of rotatable bonds is 8. The predicted molar refractivity (Wildman–Crippen MR) is 122 cm³/mol. The van der Waals surface area contributed by atoms with Gasteiger partial charge in [0.15, 0.2) is 0 Å². The number of aromatic nitrogens is 4. The predicted octanol–water partition coefficient (Wildman–Crippen LogP) is 3.87. The number of nitrogens with zero attached hydrogens (tertiary/aromatic N) is 5. The lowest BCUT2D eigenvalue weighted by molar-refractivity contribution is -0.132. The fourth-order valence-corrected chi connectivity index (χ4v) is 3.95. The van der Waals surface area contributed by atoms with Gasteiger partial charge in [-0.1, -0.05) is 42.8 Å². The van der Waals surface area contributed by atoms with E-state index in [9.17, 15) is 9.59 Å². The number of fused-ring (bicyclic) bond motifs is 1. The lowest BCUT2D eigenvalue weighted by Crippen LogP contribution is -2.33. The summed E-state index contributed by atoms with van der Waals surface area (Å²) in [6.07, 6.45) is 0.977. The highest BCUT2D eigenvalue weighted by Crippen LogP contribution is 2.26. The molecule has 0 aliphatic rings. The Morgan fingerprint density at radius 1 is 1.09 bits per heavy atom. The van der Waals surface area contributed by atoms with Crippen LogP contribution in [0.5, 0.6) is 0 Å². The van der Waals surface area contributed by atoms with E-state index in [1.807, 2.05) is 43.3 Å². The Kier molecular flexibility index (Phi) is 6.41. The maximum Gasteiger partial charge on any atom is 0.328 e. The largest absolute Gasteiger partial charge is 0.419 e. The second-order valence-electron chi connectivity index (χ2n) is 7.53. The minimum Gasteiger partial charge on any atom is -0.419 e. The van der Waals surface area contributed by atoms with Gasteiger partial charge in [-0.25, -0.2) is 4.79 Å². The smallest absolute Gasteiger partial charge is 0.328 e. The average Bonchev–Trinajstić information content (AvgIpc) is 3.35. The zero-order valence-corrected chi connectivity index (χ0v) is 18.7. The Balaban J connectivity index is 1.48. The third-order valence-corrected chi connectivity index (χ3v) is 5.67. The van der Waals surface area contributed by atoms with Gasteiger partial charge in [0.05, 0.1) is 28.2 Å². The molecular weight excluding hydrogens is 430 g/mol. The van der Waals surface area contributed by atoms with Gasteiger partial charge in [-0.3, -0.25) is 13.9 Å². The number of carbonyl (C=O) groups excluding carboxylic acids is 1. The van der Waals surface area contributed by atoms with Gasteiger partial charge in [0.1, 0.15) is 0 Å². The highest BCUT2D eigenvalue weighted by atomic mass is 35.5. The van der Waals surface area contributed by atoms with Crippen molar-refractivity contribution < 1.29 is 9.21 Å². The van der Waals surface area contributed by atoms with Crippen molar-refractivity contribution in [3.63, 3.8) is 0 Å². The summed E-state index contributed by atoms with van der Waals surface area (Å²) >= 11 is 6.21. The molecule has 0 N–H and O–H groups in total. The van der Waals surface area contributed by atoms with Crippen LogP contribution in [0.25, 0.3) is 22.5 Å². The molecule has 0 spiro atoms. The first-order valence-electron chi connectivity index (χ1n) is 10.5. The van der Waals surface area contributed by atoms with Gasteiger partial charge in [-0.05, 0) is 30.7 Å². The van der Waals surface area contributed by atoms with E-state index in [1.54, 1.807) is 33.2 Å². The van der Waals surface area contributed by atoms with Gasteiger partial charge < -0.3 is 9.32 Å². The lowest BCUT2D eigenvalue weighted by atomic mass is 10.2. The summed E-state index contributed by atoms with van der Waals surface area (Å²) in [5.74, 6) is 0.574. The van der Waals surface area contributed by atoms with Crippen molar-refractivity contribution in [3.05, 3.63) is 69.9 Å². The van der Waals surface area contributed by atoms with Crippen LogP contribution in [-0.2, 0) is 24.9 Å². The Morgan fingerprint density at radius 3 is 2.56 bits per heavy atom. The van der Waals surface area contributed by atoms with Crippen molar-refractivity contribution in [1.82, 2.24) is 24.2 Å². The molecule has 4 aromatic rings. The number of imidazole rings is 1. The molecule has 8 nitrogen and oxygen atoms in total. The Labute approximate surface area is 190 Å². The number of benzene rings is 2. The van der Waals surface area contributed by atoms with Gasteiger partial charge in [-0.15, -0.1) is 10.2 Å². The molecule has 32 heavy (non-hydrogen) atoms. The molecule has 9 heteroatoms. The maximum atomic E-state index is 13.0. The summed E-state index contributed by atoms with van der Waals surface area (Å²) < 4.78 is 9.00. The summed E-state index contributed by atoms with van der Waals surface area (Å²) in [6.45, 7) is 3.05. The minimum absolute atomic E-state index is 0.0795. The number of hydrogen-bond acceptors (Lipinski definition) is 5. The Bertz CT molecular complexity index is 1310. The Hall–Kier alpha value is -3.39. The molecule has 0 aliphatic carbocycles. The van der Waals surface area contributed by atoms with Crippen molar-refractivity contribution >= 4 is 28.5 Å². The van der Waals surface area contributed by atoms with Gasteiger partial charge in [-0.2, -0.15) is 0 Å². The van der Waals surface area contributed by atoms with Crippen LogP contribution in [0, 0.1) is 0 Å². The summed E-state index contributed by atoms with van der Waals surface area (Å²) in [5.41, 5.74) is 2.17. The van der Waals surface area contributed by atoms with Crippen LogP contribution in [-0.4, -0.2) is 36.7 Å². The Morgan fingerprint density at radius 2 is 1.81 bits per heavy atom. The SMILES string of the molecule is CCCN(Cc1nnc(-c2ccccc2Cl)o1)C(=O)CCn1c(=O)n(C)c2ccccc21. The molecule has 0 fully saturated rings. The van der Waals surface area contributed by atoms with Crippen molar-refractivity contribution in [2.24, 2.45) is 7.05 Å². The first kappa shape index (κ1) is 21.8. The van der Waals surface area contributed by atoms with Crippen LogP contribution in [0.2, 0.25) is 5.02 Å². The fourth-order valence-electron chi connectivity index (χ4n) is 3.73. The summed E-state index contributed by atoms with van der Waals surface area (Å²) in [5, 5.41) is 8.68. The highest BCUT2D eigenvalue weighted by molar-refractivity contribution is 6.33. The van der Waals surface area contributed by atoms with Crippen molar-refractivity contribution in [2.75, 3.05) is 6.54 Å². The molecule has 0 saturated carbocycles. The third kappa shape index (κ3) is 4.31. The quantitative estimate of drug-likeness (QED) is 0.404. The van der Waals surface area contributed by atoms with Crippen molar-refractivity contribution in [1.29, 1.82) is 0 Å². The zero-order chi connectivity index (χ0) is 22.7. The maximum absolute atomic E-state index is 13.0. The van der Waals surface area contributed by atoms with Gasteiger partial charge in [0.25, 0.3) is 0 Å². The van der Waals surface area contributed by atoms with E-state index in [4.69, 9.17) is 16.0 Å². The van der Waals surface area contributed by atoms with Crippen LogP contribution >= 0.6 is 11.6 Å². The normalized spacial score (nSPS) is 11.2. The fraction of sp³-hybridized carbons (Fsp3) is 0.304. The van der Waals surface area contributed by atoms with Crippen LogP contribution in [0.4, 0.5) is 0 Å². The van der Waals surface area contributed by atoms with Crippen molar-refractivity contribution in [2.45, 2.75) is 32.9 Å². The monoisotopic (exact) mass is 453 g/mol. The van der Waals surface area contributed by atoms with Crippen LogP contribution < -0.4 is 5.69 Å². The number of aryl methyl sites for hydroxylation is 2. The van der Waals surface area contributed by atoms with Crippen molar-refractivity contribution in [3.8, 4) is 11.5 Å². The first-order valence-corrected chi connectivity index (χ1v) is 10.9. The van der Waals surface area contributed by atoms with E-state index >= 15 is 0 Å². The molecule has 166 valence electrons. The minimum atomic E-state index is -0.137. The second-order valence-corrected chi connectivity index (χ2v) is 7.94. The molecule has 0 saturated heterocycles. The van der Waals surface area contributed by atoms with E-state index in [2.05, 4.69) is 10.2 Å². The molecule has 0 atom stereocenters. The summed E-state index contributed by atoms with van der Waals surface area (Å²) in [7, 11) is 1.73. The van der Waals surface area contributed by atoms with E-state index in [0.29, 0.717) is 35.5 Å². The van der Waals surface area contributed by atoms with Gasteiger partial charge in [0.2, 0.25) is 17.7 Å². The molecule has 2 heterocycles. The van der Waals surface area contributed by atoms with Gasteiger partial charge >= 0.3 is 5.69 Å². The average molecular weight is 454 g/mol. The molecule has 1 amide bonds. The topological polar surface area (TPSA) is 86.2 Å². The van der Waals surface area contributed by atoms with E-state index in [0.717, 1.165) is 17.5 Å². The van der Waals surface area contributed by atoms with E-state index < -0.39 is 0 Å². The first-order chi connectivity index (χ1) is 15.5. The van der Waals surface area contributed by atoms with E-state index in [-0.39, 0.29) is 24.6 Å². The van der Waals surface area contributed by atoms with Gasteiger partial charge in [0, 0.05) is 26.6 Å². The molecular formula is C23H24ClN5O3. The van der Waals surface area contributed by atoms with E-state index in [1.165, 1.54) is 0 Å². The number of para-hydroxylation sites is 2. The standard InChI is InChI=1S/C23H24ClN5O3/c1-3-13-28(15-20-25-26-22(32-20)16-8-4-5-9-17(16)24)21(30)12-14-29-19-11-7-6-10-18(19)27(2)23(29)31/h4-11H,3,12-15H2,1-2H3. The lowest BCUT2D eigenvalue weighted by Gasteiger charge is -2.20. The second kappa shape index (κ2) is 9.40. The number of carbonyl (C=O) groups is 1. The zero-order valence-electron chi connectivity index (χ0n) is 18.0. The van der Waals surface area contributed by atoms with Crippen LogP contribution in [0.15, 0.2) is 57.7 Å². The number of amides is 1. The molecule has 2 aromatic heterocycles. The number of hydrogen-bond donors (Lipinski definition) is 0. The summed E-state index contributed by atoms with van der Waals surface area (Å²) in [4.78, 5) is 27.3. The highest BCUT2D eigenvalue weighted by Gasteiger charge is 2.19. The third-order valence-electron chi connectivity index (χ3n) is 5.34. The number of halogens is 1. The van der Waals surface area contributed by atoms with Crippen LogP contribution in [0.3, 0.4) is 0 Å². The molecule has 0 bridgehead atoms. The molecule has 0 unspecified atom stereocenters. The van der Waals surface area contributed by atoms with Crippen LogP contribution in [0.1, 0.15) is 25.7 Å². The molecule has 0 aliphatic heterocycles. The molecule has 2 aromatic carbocycles. The molecule has 0 radical (unpaired) electrons.